The lowest BCUT2D eigenvalue weighted by atomic mass is 10.0. The molecule has 0 N–H and O–H groups in total. The van der Waals surface area contributed by atoms with Gasteiger partial charge in [-0.2, -0.15) is 5.10 Å². The molecule has 2 aromatic carbocycles. The highest BCUT2D eigenvalue weighted by Crippen LogP contribution is 2.27. The molecule has 0 unspecified atom stereocenters. The zero-order chi connectivity index (χ0) is 15.6. The van der Waals surface area contributed by atoms with E-state index < -0.39 is 0 Å². The van der Waals surface area contributed by atoms with Crippen LogP contribution in [-0.4, -0.2) is 21.9 Å². The average molecular weight is 301 g/mol. The Morgan fingerprint density at radius 1 is 0.957 bits per heavy atom. The summed E-state index contributed by atoms with van der Waals surface area (Å²) in [4.78, 5) is 4.41. The first-order valence-corrected chi connectivity index (χ1v) is 7.38. The van der Waals surface area contributed by atoms with Crippen LogP contribution in [0.4, 0.5) is 0 Å². The third kappa shape index (κ3) is 2.44. The Balaban J connectivity index is 1.77. The summed E-state index contributed by atoms with van der Waals surface area (Å²) in [6.07, 6.45) is 5.75. The summed E-state index contributed by atoms with van der Waals surface area (Å²) in [6.45, 7) is 0. The molecule has 0 aliphatic heterocycles. The third-order valence-corrected chi connectivity index (χ3v) is 3.88. The second kappa shape index (κ2) is 5.57. The van der Waals surface area contributed by atoms with Crippen LogP contribution in [-0.2, 0) is 0 Å². The van der Waals surface area contributed by atoms with Crippen LogP contribution in [0.1, 0.15) is 0 Å². The van der Waals surface area contributed by atoms with E-state index in [9.17, 15) is 0 Å². The minimum absolute atomic E-state index is 0.834. The number of hydrogen-bond donors (Lipinski definition) is 0. The van der Waals surface area contributed by atoms with E-state index in [0.29, 0.717) is 0 Å². The van der Waals surface area contributed by atoms with Gasteiger partial charge < -0.3 is 4.74 Å². The standard InChI is InChI=1S/C19H15N3O/c1-23-16-8-6-15(7-9-16)22-13-14(12-21-22)17-10-11-20-19-5-3-2-4-18(17)19/h2-13H,1H3. The van der Waals surface area contributed by atoms with E-state index in [4.69, 9.17) is 4.74 Å². The van der Waals surface area contributed by atoms with Gasteiger partial charge >= 0.3 is 0 Å². The average Bonchev–Trinajstić information content (AvgIpc) is 3.11. The zero-order valence-corrected chi connectivity index (χ0v) is 12.7. The van der Waals surface area contributed by atoms with Crippen LogP contribution >= 0.6 is 0 Å². The first kappa shape index (κ1) is 13.5. The highest BCUT2D eigenvalue weighted by atomic mass is 16.5. The van der Waals surface area contributed by atoms with Crippen molar-refractivity contribution in [2.45, 2.75) is 0 Å². The fraction of sp³-hybridized carbons (Fsp3) is 0.0526. The minimum atomic E-state index is 0.834. The lowest BCUT2D eigenvalue weighted by molar-refractivity contribution is 0.414. The molecule has 0 spiro atoms. The van der Waals surface area contributed by atoms with Crippen molar-refractivity contribution in [2.24, 2.45) is 0 Å². The summed E-state index contributed by atoms with van der Waals surface area (Å²) >= 11 is 0. The van der Waals surface area contributed by atoms with Gasteiger partial charge in [-0.1, -0.05) is 18.2 Å². The molecule has 0 aliphatic carbocycles. The van der Waals surface area contributed by atoms with Gasteiger partial charge in [-0.05, 0) is 42.0 Å². The molecule has 0 fully saturated rings. The van der Waals surface area contributed by atoms with Crippen LogP contribution in [0.2, 0.25) is 0 Å². The van der Waals surface area contributed by atoms with Crippen molar-refractivity contribution in [1.29, 1.82) is 0 Å². The van der Waals surface area contributed by atoms with Crippen molar-refractivity contribution in [3.05, 3.63) is 73.2 Å². The largest absolute Gasteiger partial charge is 0.497 e. The molecule has 4 rings (SSSR count). The number of ether oxygens (including phenoxy) is 1. The Morgan fingerprint density at radius 3 is 2.61 bits per heavy atom. The van der Waals surface area contributed by atoms with Gasteiger partial charge in [-0.15, -0.1) is 0 Å². The number of benzene rings is 2. The Labute approximate surface area is 134 Å². The molecule has 0 atom stereocenters. The summed E-state index contributed by atoms with van der Waals surface area (Å²) in [5.74, 6) is 0.834. The van der Waals surface area contributed by atoms with E-state index in [-0.39, 0.29) is 0 Å². The fourth-order valence-electron chi connectivity index (χ4n) is 2.69. The number of nitrogens with zero attached hydrogens (tertiary/aromatic N) is 3. The molecule has 0 amide bonds. The van der Waals surface area contributed by atoms with Crippen molar-refractivity contribution in [1.82, 2.24) is 14.8 Å². The predicted molar refractivity (Wildman–Crippen MR) is 90.9 cm³/mol. The molecule has 4 heteroatoms. The van der Waals surface area contributed by atoms with E-state index in [1.807, 2.05) is 71.8 Å². The maximum atomic E-state index is 5.19. The summed E-state index contributed by atoms with van der Waals surface area (Å²) in [5, 5.41) is 5.61. The van der Waals surface area contributed by atoms with Gasteiger partial charge in [0.1, 0.15) is 5.75 Å². The topological polar surface area (TPSA) is 39.9 Å². The molecule has 0 aliphatic rings. The lowest BCUT2D eigenvalue weighted by Crippen LogP contribution is -1.93. The van der Waals surface area contributed by atoms with Gasteiger partial charge in [-0.25, -0.2) is 4.68 Å². The minimum Gasteiger partial charge on any atom is -0.497 e. The lowest BCUT2D eigenvalue weighted by Gasteiger charge is -2.04. The fourth-order valence-corrected chi connectivity index (χ4v) is 2.69. The highest BCUT2D eigenvalue weighted by molar-refractivity contribution is 5.93. The van der Waals surface area contributed by atoms with Gasteiger partial charge in [0.2, 0.25) is 0 Å². The van der Waals surface area contributed by atoms with Crippen molar-refractivity contribution >= 4 is 10.9 Å². The molecular formula is C19H15N3O. The number of fused-ring (bicyclic) bond motifs is 1. The van der Waals surface area contributed by atoms with E-state index in [1.165, 1.54) is 0 Å². The first-order valence-electron chi connectivity index (χ1n) is 7.38. The second-order valence-corrected chi connectivity index (χ2v) is 5.25. The van der Waals surface area contributed by atoms with Crippen LogP contribution in [0, 0.1) is 0 Å². The Bertz CT molecular complexity index is 952. The zero-order valence-electron chi connectivity index (χ0n) is 12.7. The van der Waals surface area contributed by atoms with E-state index >= 15 is 0 Å². The normalized spacial score (nSPS) is 10.8. The van der Waals surface area contributed by atoms with Crippen molar-refractivity contribution in [3.63, 3.8) is 0 Å². The van der Waals surface area contributed by atoms with Crippen LogP contribution in [0.15, 0.2) is 73.2 Å². The summed E-state index contributed by atoms with van der Waals surface area (Å²) in [6, 6.07) is 18.0. The van der Waals surface area contributed by atoms with Gasteiger partial charge in [0.15, 0.2) is 0 Å². The molecule has 4 nitrogen and oxygen atoms in total. The smallest absolute Gasteiger partial charge is 0.119 e. The van der Waals surface area contributed by atoms with Crippen molar-refractivity contribution < 1.29 is 4.74 Å². The molecule has 112 valence electrons. The van der Waals surface area contributed by atoms with Gasteiger partial charge in [-0.3, -0.25) is 4.98 Å². The number of methoxy groups -OCH3 is 1. The summed E-state index contributed by atoms with van der Waals surface area (Å²) < 4.78 is 7.06. The predicted octanol–water partition coefficient (Wildman–Crippen LogP) is 4.10. The van der Waals surface area contributed by atoms with Crippen molar-refractivity contribution in [3.8, 4) is 22.6 Å². The summed E-state index contributed by atoms with van der Waals surface area (Å²) in [7, 11) is 1.66. The molecule has 23 heavy (non-hydrogen) atoms. The molecule has 2 heterocycles. The van der Waals surface area contributed by atoms with Crippen LogP contribution in [0.25, 0.3) is 27.7 Å². The second-order valence-electron chi connectivity index (χ2n) is 5.25. The van der Waals surface area contributed by atoms with Gasteiger partial charge in [0.05, 0.1) is 24.5 Å². The Morgan fingerprint density at radius 2 is 1.78 bits per heavy atom. The van der Waals surface area contributed by atoms with Crippen molar-refractivity contribution in [2.75, 3.05) is 7.11 Å². The van der Waals surface area contributed by atoms with E-state index in [1.54, 1.807) is 7.11 Å². The van der Waals surface area contributed by atoms with E-state index in [0.717, 1.165) is 33.5 Å². The molecule has 2 aromatic heterocycles. The Kier molecular flexibility index (Phi) is 3.27. The number of para-hydroxylation sites is 1. The monoisotopic (exact) mass is 301 g/mol. The molecule has 0 saturated carbocycles. The quantitative estimate of drug-likeness (QED) is 0.572. The van der Waals surface area contributed by atoms with Gasteiger partial charge in [0.25, 0.3) is 0 Å². The molecular weight excluding hydrogens is 286 g/mol. The third-order valence-electron chi connectivity index (χ3n) is 3.88. The van der Waals surface area contributed by atoms with Crippen LogP contribution < -0.4 is 4.74 Å². The maximum absolute atomic E-state index is 5.19. The van der Waals surface area contributed by atoms with Crippen LogP contribution in [0.5, 0.6) is 5.75 Å². The van der Waals surface area contributed by atoms with Gasteiger partial charge in [0, 0.05) is 23.3 Å². The molecule has 0 saturated heterocycles. The Hall–Kier alpha value is -3.14. The van der Waals surface area contributed by atoms with Crippen LogP contribution in [0.3, 0.4) is 0 Å². The first-order chi connectivity index (χ1) is 11.3. The molecule has 0 radical (unpaired) electrons. The number of aromatic nitrogens is 3. The highest BCUT2D eigenvalue weighted by Gasteiger charge is 2.07. The number of hydrogen-bond acceptors (Lipinski definition) is 3. The summed E-state index contributed by atoms with van der Waals surface area (Å²) in [5.41, 5.74) is 4.19. The molecule has 0 bridgehead atoms. The SMILES string of the molecule is COc1ccc(-n2cc(-c3ccnc4ccccc34)cn2)cc1. The number of pyridine rings is 1. The van der Waals surface area contributed by atoms with E-state index in [2.05, 4.69) is 16.1 Å². The number of rotatable bonds is 3. The molecule has 4 aromatic rings. The maximum Gasteiger partial charge on any atom is 0.119 e.